The van der Waals surface area contributed by atoms with Crippen LogP contribution in [0, 0.1) is 28.3 Å². The summed E-state index contributed by atoms with van der Waals surface area (Å²) in [6.07, 6.45) is 26.1. The molecule has 0 spiro atoms. The number of hydrogen-bond donors (Lipinski definition) is 8. The van der Waals surface area contributed by atoms with Gasteiger partial charge in [0.2, 0.25) is 5.91 Å². The molecule has 3 aromatic rings. The number of allylic oxidation sites excluding steroid dienone is 9. The summed E-state index contributed by atoms with van der Waals surface area (Å²) in [5.41, 5.74) is 22.9. The number of carbonyl (C=O) groups is 1. The third kappa shape index (κ3) is 22.6. The van der Waals surface area contributed by atoms with Gasteiger partial charge >= 0.3 is 6.15 Å². The molecule has 0 fully saturated rings. The molecule has 3 aliphatic rings. The number of hydrogen-bond acceptors (Lipinski definition) is 13. The fraction of sp³-hybridized carbons (Fsp3) is 0.529. The molecule has 0 aromatic heterocycles. The molecule has 0 aliphatic heterocycles. The smallest absolute Gasteiger partial charge is 0.373 e. The molecule has 0 unspecified atom stereocenters. The van der Waals surface area contributed by atoms with Crippen molar-refractivity contribution in [1.82, 2.24) is 5.32 Å². The summed E-state index contributed by atoms with van der Waals surface area (Å²) in [6, 6.07) is 11.4. The van der Waals surface area contributed by atoms with Gasteiger partial charge in [0.25, 0.3) is 0 Å². The molecular formula is C68H99N3O11. The molecule has 3 aromatic carbocycles. The van der Waals surface area contributed by atoms with Crippen LogP contribution in [0.4, 0.5) is 0 Å². The Balaban J connectivity index is 0.000000406. The number of aliphatic hydroxyl groups is 1. The highest BCUT2D eigenvalue weighted by Gasteiger charge is 2.33. The lowest BCUT2D eigenvalue weighted by molar-refractivity contribution is -0.191. The zero-order chi connectivity index (χ0) is 61.5. The average molecular weight is 1130 g/mol. The number of amides is 1. The second kappa shape index (κ2) is 38.1. The molecule has 0 saturated carbocycles. The van der Waals surface area contributed by atoms with E-state index in [0.29, 0.717) is 23.0 Å². The quantitative estimate of drug-likeness (QED) is 0.0181. The summed E-state index contributed by atoms with van der Waals surface area (Å²) >= 11 is 0. The fourth-order valence-corrected chi connectivity index (χ4v) is 11.5. The van der Waals surface area contributed by atoms with Crippen LogP contribution in [-0.2, 0) is 33.6 Å². The van der Waals surface area contributed by atoms with Crippen molar-refractivity contribution < 1.29 is 49.4 Å². The normalized spacial score (nSPS) is 18.9. The number of nitrogens with one attached hydrogen (secondary N) is 2. The summed E-state index contributed by atoms with van der Waals surface area (Å²) in [5, 5.41) is 54.3. The topological polar surface area (TPSA) is 250 Å². The summed E-state index contributed by atoms with van der Waals surface area (Å²) in [4.78, 5) is 35.1. The predicted molar refractivity (Wildman–Crippen MR) is 329 cm³/mol. The van der Waals surface area contributed by atoms with Crippen LogP contribution in [0.25, 0.3) is 0 Å². The number of rotatable bonds is 24. The van der Waals surface area contributed by atoms with E-state index in [4.69, 9.17) is 34.8 Å². The first-order valence-electron chi connectivity index (χ1n) is 29.5. The van der Waals surface area contributed by atoms with Gasteiger partial charge in [0.15, 0.2) is 6.73 Å². The largest absolute Gasteiger partial charge is 0.507 e. The molecule has 452 valence electrons. The number of aromatic hydroxyl groups is 4. The third-order valence-electron chi connectivity index (χ3n) is 15.8. The van der Waals surface area contributed by atoms with Crippen LogP contribution < -0.4 is 20.5 Å². The Bertz CT molecular complexity index is 2640. The Morgan fingerprint density at radius 2 is 0.878 bits per heavy atom. The second-order valence-corrected chi connectivity index (χ2v) is 22.5. The van der Waals surface area contributed by atoms with Crippen LogP contribution in [0.1, 0.15) is 210 Å². The van der Waals surface area contributed by atoms with E-state index in [0.717, 1.165) is 140 Å². The Morgan fingerprint density at radius 3 is 1.18 bits per heavy atom. The maximum Gasteiger partial charge on any atom is 0.373 e. The van der Waals surface area contributed by atoms with Crippen molar-refractivity contribution in [2.45, 2.75) is 196 Å². The second-order valence-electron chi connectivity index (χ2n) is 22.5. The highest BCUT2D eigenvalue weighted by atomic mass is 16.5. The van der Waals surface area contributed by atoms with E-state index in [1.165, 1.54) is 42.4 Å². The summed E-state index contributed by atoms with van der Waals surface area (Å²) in [6.45, 7) is 31.0. The van der Waals surface area contributed by atoms with Crippen molar-refractivity contribution in [2.75, 3.05) is 20.1 Å². The molecular weight excluding hydrogens is 1030 g/mol. The molecule has 0 bridgehead atoms. The Labute approximate surface area is 490 Å². The molecule has 14 nitrogen and oxygen atoms in total. The summed E-state index contributed by atoms with van der Waals surface area (Å²) in [5.74, 6) is 2.71. The summed E-state index contributed by atoms with van der Waals surface area (Å²) in [7, 11) is 0. The highest BCUT2D eigenvalue weighted by molar-refractivity contribution is 5.76. The molecule has 1 amide bonds. The number of ether oxygens (including phenoxy) is 2. The van der Waals surface area contributed by atoms with Gasteiger partial charge in [0.05, 0.1) is 0 Å². The molecule has 0 heterocycles. The highest BCUT2D eigenvalue weighted by Crippen LogP contribution is 2.50. The molecule has 9 N–H and O–H groups in total. The zero-order valence-electron chi connectivity index (χ0n) is 50.9. The molecule has 3 aliphatic carbocycles. The van der Waals surface area contributed by atoms with Crippen molar-refractivity contribution in [3.63, 3.8) is 0 Å². The number of nitroso groups, excluding NO2 is 1. The number of phenolic OH excluding ortho intramolecular Hbond substituents is 4. The van der Waals surface area contributed by atoms with Crippen molar-refractivity contribution in [1.29, 1.82) is 5.59 Å². The maximum absolute atomic E-state index is 11.4. The SMILES string of the molecule is C=C(C)[C@@H]1CCC(C)=C[C@H]1c1c(O)cc(CCCCC)cc1O.C=C(C)[C@@H]1CCC(C)=C[C@H]1c1c(O)cc(CCCCC)cc1OCN.C=C(C)[C@@H]1CCC(C)=C[C@H]1c1c(O)cc(CCCCC)cc1OCNC(=O)CO.N=O.O=C=O. The number of carbonyl (C=O) groups excluding carboxylic acids is 3. The molecule has 6 rings (SSSR count). The van der Waals surface area contributed by atoms with E-state index in [2.05, 4.69) is 103 Å². The van der Waals surface area contributed by atoms with Crippen LogP contribution in [0.3, 0.4) is 0 Å². The van der Waals surface area contributed by atoms with E-state index in [1.807, 2.05) is 44.2 Å². The minimum absolute atomic E-state index is 0.0190. The third-order valence-corrected chi connectivity index (χ3v) is 15.8. The van der Waals surface area contributed by atoms with E-state index in [1.54, 1.807) is 0 Å². The molecule has 14 heteroatoms. The molecule has 0 saturated heterocycles. The van der Waals surface area contributed by atoms with Crippen LogP contribution in [-0.4, -0.2) is 57.7 Å². The minimum Gasteiger partial charge on any atom is -0.507 e. The van der Waals surface area contributed by atoms with Crippen LogP contribution in [0.2, 0.25) is 0 Å². The predicted octanol–water partition coefficient (Wildman–Crippen LogP) is 15.6. The molecule has 0 radical (unpaired) electrons. The van der Waals surface area contributed by atoms with Crippen LogP contribution >= 0.6 is 0 Å². The van der Waals surface area contributed by atoms with Gasteiger partial charge in [0.1, 0.15) is 47.8 Å². The maximum atomic E-state index is 11.4. The zero-order valence-corrected chi connectivity index (χ0v) is 50.9. The van der Waals surface area contributed by atoms with Gasteiger partial charge in [-0.3, -0.25) is 10.5 Å². The van der Waals surface area contributed by atoms with Gasteiger partial charge in [-0.1, -0.05) is 136 Å². The van der Waals surface area contributed by atoms with Crippen molar-refractivity contribution in [3.05, 3.63) is 146 Å². The Hall–Kier alpha value is -6.73. The van der Waals surface area contributed by atoms with E-state index in [-0.39, 0.29) is 66.5 Å². The number of aryl methyl sites for hydroxylation is 3. The number of unbranched alkanes of at least 4 members (excludes halogenated alkanes) is 6. The average Bonchev–Trinajstić information content (AvgIpc) is 3.63. The first-order valence-corrected chi connectivity index (χ1v) is 29.5. The Morgan fingerprint density at radius 1 is 0.573 bits per heavy atom. The van der Waals surface area contributed by atoms with Gasteiger partial charge < -0.3 is 40.3 Å². The van der Waals surface area contributed by atoms with Crippen LogP contribution in [0.15, 0.2) is 108 Å². The molecule has 82 heavy (non-hydrogen) atoms. The fourth-order valence-electron chi connectivity index (χ4n) is 11.5. The van der Waals surface area contributed by atoms with Gasteiger partial charge in [-0.2, -0.15) is 14.5 Å². The van der Waals surface area contributed by atoms with Crippen LogP contribution in [0.5, 0.6) is 34.5 Å². The first-order chi connectivity index (χ1) is 39.2. The van der Waals surface area contributed by atoms with Gasteiger partial charge in [-0.25, -0.2) is 0 Å². The standard InChI is InChI=1S/C24H35NO4.C22H33NO2.C21H30O2.CO2.HNO/c1-5-6-7-8-18-12-21(27)24(22(13-18)29-15-25-23(28)14-26)20-11-17(4)9-10-19(20)16(2)3;1-5-6-7-8-17-12-20(24)22(21(13-17)25-14-23)19-11-16(4)9-10-18(19)15(2)3;1-5-6-7-8-16-12-19(22)21(20(23)13-16)18-11-15(4)9-10-17(18)14(2)3;2-1-3;1-2/h11-13,19-20,26-27H,2,5-10,14-15H2,1,3-4H3,(H,25,28);11-13,18-19,24H,2,5-10,14,23H2,1,3-4H3;11-13,17-18,22-23H,2,5-10H2,1,3-4H3;;1H/t19-,20+;18-,19+;17-,18+;;/m000../s1. The van der Waals surface area contributed by atoms with E-state index >= 15 is 0 Å². The lowest BCUT2D eigenvalue weighted by Crippen LogP contribution is -2.30. The summed E-state index contributed by atoms with van der Waals surface area (Å²) < 4.78 is 11.6. The van der Waals surface area contributed by atoms with Crippen molar-refractivity contribution in [2.24, 2.45) is 23.5 Å². The van der Waals surface area contributed by atoms with Crippen molar-refractivity contribution >= 4 is 12.1 Å². The number of benzene rings is 3. The lowest BCUT2D eigenvalue weighted by atomic mass is 9.73. The number of aliphatic hydroxyl groups excluding tert-OH is 1. The number of nitrogens with two attached hydrogens (primary N) is 1. The van der Waals surface area contributed by atoms with E-state index in [9.17, 15) is 25.2 Å². The van der Waals surface area contributed by atoms with Crippen molar-refractivity contribution in [3.8, 4) is 34.5 Å². The lowest BCUT2D eigenvalue weighted by Gasteiger charge is -2.32. The molecule has 6 atom stereocenters. The monoisotopic (exact) mass is 1130 g/mol. The Kier molecular flexibility index (Phi) is 33.2. The van der Waals surface area contributed by atoms with Gasteiger partial charge in [-0.05, 0) is 189 Å². The van der Waals surface area contributed by atoms with E-state index < -0.39 is 12.5 Å². The van der Waals surface area contributed by atoms with Gasteiger partial charge in [0, 0.05) is 34.4 Å². The minimum atomic E-state index is -0.583. The first kappa shape index (κ1) is 71.4. The van der Waals surface area contributed by atoms with Gasteiger partial charge in [-0.15, -0.1) is 0 Å². The number of phenols is 4.